The molecule has 3 amide bonds. The van der Waals surface area contributed by atoms with E-state index in [1.54, 1.807) is 36.1 Å². The van der Waals surface area contributed by atoms with E-state index in [9.17, 15) is 9.59 Å². The fraction of sp³-hybridized carbons (Fsp3) is 0.100. The summed E-state index contributed by atoms with van der Waals surface area (Å²) >= 11 is 0. The first-order valence-electron chi connectivity index (χ1n) is 8.44. The topological polar surface area (TPSA) is 79.6 Å². The van der Waals surface area contributed by atoms with Crippen molar-refractivity contribution in [1.29, 1.82) is 0 Å². The molecule has 0 radical (unpaired) electrons. The monoisotopic (exact) mass is 359 g/mol. The first-order chi connectivity index (χ1) is 13.1. The number of imide groups is 1. The Balaban J connectivity index is 1.55. The standard InChI is InChI=1S/C20H17N5O2/c1-20(16-8-4-2-5-9-16)18(26)25(19(27)23-20)22-13-15-12-21-24(14-15)17-10-6-3-7-11-17/h2-14H,1H3,(H,23,27)/b22-13-/t20-/m1/s1. The molecule has 1 fully saturated rings. The molecule has 1 N–H and O–H groups in total. The number of aromatic nitrogens is 2. The summed E-state index contributed by atoms with van der Waals surface area (Å²) in [6.07, 6.45) is 4.83. The minimum absolute atomic E-state index is 0.426. The summed E-state index contributed by atoms with van der Waals surface area (Å²) in [5.41, 5.74) is 1.15. The highest BCUT2D eigenvalue weighted by molar-refractivity contribution is 6.07. The van der Waals surface area contributed by atoms with Gasteiger partial charge in [-0.3, -0.25) is 4.79 Å². The van der Waals surface area contributed by atoms with E-state index in [0.717, 1.165) is 10.7 Å². The third-order valence-corrected chi connectivity index (χ3v) is 4.47. The van der Waals surface area contributed by atoms with Gasteiger partial charge in [0.05, 0.1) is 18.1 Å². The number of carbonyl (C=O) groups is 2. The van der Waals surface area contributed by atoms with Crippen LogP contribution in [0.2, 0.25) is 0 Å². The normalized spacial score (nSPS) is 19.7. The average molecular weight is 359 g/mol. The average Bonchev–Trinajstić information content (AvgIpc) is 3.26. The number of hydrogen-bond donors (Lipinski definition) is 1. The van der Waals surface area contributed by atoms with Gasteiger partial charge in [-0.25, -0.2) is 9.48 Å². The molecule has 134 valence electrons. The first kappa shape index (κ1) is 16.7. The molecule has 1 aromatic heterocycles. The lowest BCUT2D eigenvalue weighted by Gasteiger charge is -2.20. The van der Waals surface area contributed by atoms with E-state index in [2.05, 4.69) is 15.5 Å². The largest absolute Gasteiger partial charge is 0.346 e. The molecular weight excluding hydrogens is 342 g/mol. The van der Waals surface area contributed by atoms with Crippen molar-refractivity contribution in [2.45, 2.75) is 12.5 Å². The number of amides is 3. The summed E-state index contributed by atoms with van der Waals surface area (Å²) < 4.78 is 1.70. The summed E-state index contributed by atoms with van der Waals surface area (Å²) in [5.74, 6) is -0.426. The van der Waals surface area contributed by atoms with E-state index in [1.807, 2.05) is 48.5 Å². The van der Waals surface area contributed by atoms with E-state index < -0.39 is 17.5 Å². The minimum atomic E-state index is -1.14. The highest BCUT2D eigenvalue weighted by Crippen LogP contribution is 2.28. The third kappa shape index (κ3) is 2.99. The minimum Gasteiger partial charge on any atom is -0.318 e. The molecule has 1 atom stereocenters. The zero-order valence-corrected chi connectivity index (χ0v) is 14.6. The van der Waals surface area contributed by atoms with Crippen molar-refractivity contribution in [3.63, 3.8) is 0 Å². The molecule has 4 rings (SSSR count). The lowest BCUT2D eigenvalue weighted by Crippen LogP contribution is -2.40. The zero-order chi connectivity index (χ0) is 18.9. The van der Waals surface area contributed by atoms with Gasteiger partial charge in [0.15, 0.2) is 0 Å². The van der Waals surface area contributed by atoms with Gasteiger partial charge in [-0.2, -0.15) is 10.2 Å². The van der Waals surface area contributed by atoms with Crippen LogP contribution in [0, 0.1) is 0 Å². The Morgan fingerprint density at radius 2 is 1.70 bits per heavy atom. The van der Waals surface area contributed by atoms with Gasteiger partial charge in [0.2, 0.25) is 0 Å². The Bertz CT molecular complexity index is 1010. The van der Waals surface area contributed by atoms with E-state index in [1.165, 1.54) is 6.21 Å². The maximum atomic E-state index is 12.8. The van der Waals surface area contributed by atoms with Crippen molar-refractivity contribution < 1.29 is 9.59 Å². The Labute approximate surface area is 155 Å². The molecule has 0 unspecified atom stereocenters. The summed E-state index contributed by atoms with van der Waals surface area (Å²) in [6.45, 7) is 1.67. The van der Waals surface area contributed by atoms with Crippen LogP contribution >= 0.6 is 0 Å². The number of hydrogen-bond acceptors (Lipinski definition) is 4. The van der Waals surface area contributed by atoms with Gasteiger partial charge in [-0.05, 0) is 24.6 Å². The van der Waals surface area contributed by atoms with Crippen LogP contribution in [0.25, 0.3) is 5.69 Å². The van der Waals surface area contributed by atoms with E-state index in [0.29, 0.717) is 11.1 Å². The zero-order valence-electron chi connectivity index (χ0n) is 14.6. The van der Waals surface area contributed by atoms with Crippen LogP contribution in [0.5, 0.6) is 0 Å². The molecule has 2 aromatic carbocycles. The van der Waals surface area contributed by atoms with Gasteiger partial charge in [0, 0.05) is 11.8 Å². The molecule has 0 bridgehead atoms. The molecule has 2 heterocycles. The van der Waals surface area contributed by atoms with Crippen LogP contribution in [-0.4, -0.2) is 32.9 Å². The van der Waals surface area contributed by atoms with Crippen LogP contribution in [0.15, 0.2) is 78.2 Å². The summed E-state index contributed by atoms with van der Waals surface area (Å²) in [4.78, 5) is 25.1. The Kier molecular flexibility index (Phi) is 4.04. The van der Waals surface area contributed by atoms with Gasteiger partial charge < -0.3 is 5.32 Å². The Morgan fingerprint density at radius 1 is 1.04 bits per heavy atom. The predicted octanol–water partition coefficient (Wildman–Crippen LogP) is 2.67. The molecule has 1 aliphatic heterocycles. The van der Waals surface area contributed by atoms with Crippen molar-refractivity contribution in [2.75, 3.05) is 0 Å². The molecule has 7 heteroatoms. The molecule has 0 aliphatic carbocycles. The summed E-state index contributed by atoms with van der Waals surface area (Å²) in [6, 6.07) is 18.2. The molecule has 27 heavy (non-hydrogen) atoms. The fourth-order valence-corrected chi connectivity index (χ4v) is 2.95. The molecule has 1 aliphatic rings. The van der Waals surface area contributed by atoms with Crippen LogP contribution in [-0.2, 0) is 10.3 Å². The quantitative estimate of drug-likeness (QED) is 0.574. The van der Waals surface area contributed by atoms with E-state index in [-0.39, 0.29) is 0 Å². The highest BCUT2D eigenvalue weighted by Gasteiger charge is 2.49. The van der Waals surface area contributed by atoms with E-state index in [4.69, 9.17) is 0 Å². The van der Waals surface area contributed by atoms with Crippen molar-refractivity contribution in [2.24, 2.45) is 5.10 Å². The number of urea groups is 1. The molecule has 0 saturated carbocycles. The SMILES string of the molecule is C[C@]1(c2ccccc2)NC(=O)N(/N=C\c2cnn(-c3ccccc3)c2)C1=O. The van der Waals surface area contributed by atoms with Crippen molar-refractivity contribution in [3.05, 3.63) is 84.2 Å². The van der Waals surface area contributed by atoms with Gasteiger partial charge in [0.1, 0.15) is 5.54 Å². The lowest BCUT2D eigenvalue weighted by molar-refractivity contribution is -0.131. The van der Waals surface area contributed by atoms with E-state index >= 15 is 0 Å². The number of benzene rings is 2. The molecule has 7 nitrogen and oxygen atoms in total. The Morgan fingerprint density at radius 3 is 2.41 bits per heavy atom. The number of rotatable bonds is 4. The Hall–Kier alpha value is -3.74. The van der Waals surface area contributed by atoms with Crippen molar-refractivity contribution >= 4 is 18.2 Å². The second-order valence-corrected chi connectivity index (χ2v) is 6.34. The van der Waals surface area contributed by atoms with Gasteiger partial charge >= 0.3 is 6.03 Å². The number of para-hydroxylation sites is 1. The van der Waals surface area contributed by atoms with Crippen molar-refractivity contribution in [1.82, 2.24) is 20.1 Å². The predicted molar refractivity (Wildman–Crippen MR) is 100 cm³/mol. The molecular formula is C20H17N5O2. The third-order valence-electron chi connectivity index (χ3n) is 4.47. The number of hydrazone groups is 1. The van der Waals surface area contributed by atoms with Crippen molar-refractivity contribution in [3.8, 4) is 5.69 Å². The van der Waals surface area contributed by atoms with Gasteiger partial charge in [-0.15, -0.1) is 5.01 Å². The smallest absolute Gasteiger partial charge is 0.318 e. The number of nitrogens with one attached hydrogen (secondary N) is 1. The van der Waals surface area contributed by atoms with Crippen LogP contribution in [0.3, 0.4) is 0 Å². The van der Waals surface area contributed by atoms with Gasteiger partial charge in [-0.1, -0.05) is 48.5 Å². The van der Waals surface area contributed by atoms with Crippen LogP contribution in [0.1, 0.15) is 18.1 Å². The maximum Gasteiger partial charge on any atom is 0.346 e. The van der Waals surface area contributed by atoms with Gasteiger partial charge in [0.25, 0.3) is 5.91 Å². The second-order valence-electron chi connectivity index (χ2n) is 6.34. The molecule has 3 aromatic rings. The number of carbonyl (C=O) groups excluding carboxylic acids is 2. The molecule has 0 spiro atoms. The maximum absolute atomic E-state index is 12.8. The van der Waals surface area contributed by atoms with Crippen LogP contribution < -0.4 is 5.32 Å². The lowest BCUT2D eigenvalue weighted by atomic mass is 9.92. The van der Waals surface area contributed by atoms with Crippen LogP contribution in [0.4, 0.5) is 4.79 Å². The fourth-order valence-electron chi connectivity index (χ4n) is 2.95. The summed E-state index contributed by atoms with van der Waals surface area (Å²) in [5, 5.41) is 11.9. The first-order valence-corrected chi connectivity index (χ1v) is 8.44. The second kappa shape index (κ2) is 6.53. The highest BCUT2D eigenvalue weighted by atomic mass is 16.2. The summed E-state index contributed by atoms with van der Waals surface area (Å²) in [7, 11) is 0. The molecule has 1 saturated heterocycles. The number of nitrogens with zero attached hydrogens (tertiary/aromatic N) is 4.